The van der Waals surface area contributed by atoms with Crippen molar-refractivity contribution in [2.45, 2.75) is 13.8 Å². The molecule has 1 aromatic heterocycles. The van der Waals surface area contributed by atoms with Crippen LogP contribution in [0.25, 0.3) is 10.9 Å². The monoisotopic (exact) mass is 272 g/mol. The van der Waals surface area contributed by atoms with Crippen LogP contribution < -0.4 is 16.4 Å². The van der Waals surface area contributed by atoms with E-state index in [1.165, 1.54) is 0 Å². The minimum Gasteiger partial charge on any atom is -0.396 e. The molecule has 0 aliphatic rings. The second-order valence-electron chi connectivity index (χ2n) is 5.16. The second kappa shape index (κ2) is 6.23. The number of amides is 1. The number of fused-ring (bicyclic) bond motifs is 1. The van der Waals surface area contributed by atoms with Crippen molar-refractivity contribution in [3.05, 3.63) is 30.5 Å². The molecule has 0 radical (unpaired) electrons. The molecule has 106 valence electrons. The molecule has 5 heteroatoms. The Balaban J connectivity index is 2.09. The van der Waals surface area contributed by atoms with E-state index >= 15 is 0 Å². The van der Waals surface area contributed by atoms with Crippen LogP contribution in [0.5, 0.6) is 0 Å². The van der Waals surface area contributed by atoms with E-state index in [0.29, 0.717) is 18.2 Å². The van der Waals surface area contributed by atoms with Crippen LogP contribution in [0.15, 0.2) is 30.5 Å². The molecule has 0 aliphatic heterocycles. The van der Waals surface area contributed by atoms with Gasteiger partial charge in [0.1, 0.15) is 0 Å². The van der Waals surface area contributed by atoms with E-state index in [-0.39, 0.29) is 12.5 Å². The Morgan fingerprint density at radius 2 is 2.10 bits per heavy atom. The van der Waals surface area contributed by atoms with Gasteiger partial charge < -0.3 is 16.4 Å². The van der Waals surface area contributed by atoms with Gasteiger partial charge in [0.2, 0.25) is 5.91 Å². The summed E-state index contributed by atoms with van der Waals surface area (Å²) in [5.74, 6) is 0.393. The molecule has 4 N–H and O–H groups in total. The standard InChI is InChI=1S/C15H20N4O/c1-10(2)7-18-14(20)9-19-15-11-5-3-4-6-13(11)17-8-12(15)16/h3-6,8,10H,7,9,16H2,1-2H3,(H,17,19)(H,18,20). The lowest BCUT2D eigenvalue weighted by Crippen LogP contribution is -2.32. The molecule has 1 heterocycles. The average molecular weight is 272 g/mol. The molecule has 2 aromatic rings. The predicted molar refractivity (Wildman–Crippen MR) is 82.5 cm³/mol. The summed E-state index contributed by atoms with van der Waals surface area (Å²) >= 11 is 0. The SMILES string of the molecule is CC(C)CNC(=O)CNc1c(N)cnc2ccccc12. The third kappa shape index (κ3) is 3.38. The lowest BCUT2D eigenvalue weighted by Gasteiger charge is -2.13. The average Bonchev–Trinajstić information content (AvgIpc) is 2.44. The summed E-state index contributed by atoms with van der Waals surface area (Å²) in [5, 5.41) is 6.88. The largest absolute Gasteiger partial charge is 0.396 e. The minimum absolute atomic E-state index is 0.0426. The molecule has 0 fully saturated rings. The second-order valence-corrected chi connectivity index (χ2v) is 5.16. The van der Waals surface area contributed by atoms with Crippen molar-refractivity contribution in [2.75, 3.05) is 24.1 Å². The normalized spacial score (nSPS) is 10.8. The van der Waals surface area contributed by atoms with Gasteiger partial charge in [0.05, 0.1) is 29.6 Å². The van der Waals surface area contributed by atoms with Crippen LogP contribution >= 0.6 is 0 Å². The first kappa shape index (κ1) is 14.1. The van der Waals surface area contributed by atoms with Crippen LogP contribution in [0, 0.1) is 5.92 Å². The molecule has 0 unspecified atom stereocenters. The predicted octanol–water partition coefficient (Wildman–Crippen LogP) is 2.00. The number of anilines is 2. The number of nitrogens with zero attached hydrogens (tertiary/aromatic N) is 1. The number of carbonyl (C=O) groups is 1. The lowest BCUT2D eigenvalue weighted by molar-refractivity contribution is -0.119. The number of para-hydroxylation sites is 1. The Morgan fingerprint density at radius 1 is 1.35 bits per heavy atom. The molecular weight excluding hydrogens is 252 g/mol. The number of hydrogen-bond donors (Lipinski definition) is 3. The highest BCUT2D eigenvalue weighted by Gasteiger charge is 2.08. The molecule has 0 spiro atoms. The summed E-state index contributed by atoms with van der Waals surface area (Å²) in [7, 11) is 0. The highest BCUT2D eigenvalue weighted by atomic mass is 16.1. The van der Waals surface area contributed by atoms with Gasteiger partial charge in [-0.1, -0.05) is 32.0 Å². The Labute approximate surface area is 118 Å². The molecule has 0 saturated carbocycles. The first-order valence-corrected chi connectivity index (χ1v) is 6.71. The van der Waals surface area contributed by atoms with Crippen molar-refractivity contribution in [3.8, 4) is 0 Å². The molecular formula is C15H20N4O. The molecule has 0 atom stereocenters. The molecule has 1 amide bonds. The maximum atomic E-state index is 11.7. The highest BCUT2D eigenvalue weighted by Crippen LogP contribution is 2.27. The maximum Gasteiger partial charge on any atom is 0.239 e. The van der Waals surface area contributed by atoms with Gasteiger partial charge in [-0.15, -0.1) is 0 Å². The van der Waals surface area contributed by atoms with Gasteiger partial charge in [-0.3, -0.25) is 9.78 Å². The van der Waals surface area contributed by atoms with Crippen molar-refractivity contribution in [2.24, 2.45) is 5.92 Å². The van der Waals surface area contributed by atoms with Crippen molar-refractivity contribution >= 4 is 28.2 Å². The smallest absolute Gasteiger partial charge is 0.239 e. The van der Waals surface area contributed by atoms with E-state index in [1.54, 1.807) is 6.20 Å². The van der Waals surface area contributed by atoms with Gasteiger partial charge in [-0.2, -0.15) is 0 Å². The third-order valence-electron chi connectivity index (χ3n) is 2.94. The molecule has 20 heavy (non-hydrogen) atoms. The molecule has 0 saturated heterocycles. The number of aromatic nitrogens is 1. The van der Waals surface area contributed by atoms with Crippen LogP contribution in [-0.2, 0) is 4.79 Å². The van der Waals surface area contributed by atoms with Gasteiger partial charge in [0.15, 0.2) is 0 Å². The van der Waals surface area contributed by atoms with E-state index in [1.807, 2.05) is 24.3 Å². The zero-order valence-corrected chi connectivity index (χ0v) is 11.8. The van der Waals surface area contributed by atoms with Crippen molar-refractivity contribution in [1.29, 1.82) is 0 Å². The van der Waals surface area contributed by atoms with Gasteiger partial charge in [-0.05, 0) is 12.0 Å². The zero-order valence-electron chi connectivity index (χ0n) is 11.8. The zero-order chi connectivity index (χ0) is 14.5. The summed E-state index contributed by atoms with van der Waals surface area (Å²) in [6.45, 7) is 4.99. The van der Waals surface area contributed by atoms with Gasteiger partial charge in [0.25, 0.3) is 0 Å². The topological polar surface area (TPSA) is 80.0 Å². The molecule has 2 rings (SSSR count). The number of nitrogens with two attached hydrogens (primary N) is 1. The number of rotatable bonds is 5. The van der Waals surface area contributed by atoms with E-state index in [0.717, 1.165) is 16.6 Å². The molecule has 1 aromatic carbocycles. The van der Waals surface area contributed by atoms with Gasteiger partial charge in [-0.25, -0.2) is 0 Å². The van der Waals surface area contributed by atoms with Gasteiger partial charge in [0, 0.05) is 11.9 Å². The Morgan fingerprint density at radius 3 is 2.85 bits per heavy atom. The van der Waals surface area contributed by atoms with Crippen molar-refractivity contribution in [1.82, 2.24) is 10.3 Å². The van der Waals surface area contributed by atoms with Gasteiger partial charge >= 0.3 is 0 Å². The molecule has 5 nitrogen and oxygen atoms in total. The Kier molecular flexibility index (Phi) is 4.40. The first-order valence-electron chi connectivity index (χ1n) is 6.71. The number of carbonyl (C=O) groups excluding carboxylic acids is 1. The highest BCUT2D eigenvalue weighted by molar-refractivity contribution is 5.98. The lowest BCUT2D eigenvalue weighted by atomic mass is 10.1. The number of pyridine rings is 1. The fraction of sp³-hybridized carbons (Fsp3) is 0.333. The van der Waals surface area contributed by atoms with E-state index in [9.17, 15) is 4.79 Å². The number of nitrogen functional groups attached to an aromatic ring is 1. The Hall–Kier alpha value is -2.30. The van der Waals surface area contributed by atoms with Crippen molar-refractivity contribution < 1.29 is 4.79 Å². The quantitative estimate of drug-likeness (QED) is 0.777. The number of benzene rings is 1. The van der Waals surface area contributed by atoms with E-state index < -0.39 is 0 Å². The fourth-order valence-electron chi connectivity index (χ4n) is 1.90. The summed E-state index contributed by atoms with van der Waals surface area (Å²) < 4.78 is 0. The van der Waals surface area contributed by atoms with Crippen LogP contribution in [-0.4, -0.2) is 24.0 Å². The summed E-state index contributed by atoms with van der Waals surface area (Å²) in [4.78, 5) is 16.0. The Bertz CT molecular complexity index is 610. The summed E-state index contributed by atoms with van der Waals surface area (Å²) in [5.41, 5.74) is 8.09. The van der Waals surface area contributed by atoms with Crippen LogP contribution in [0.1, 0.15) is 13.8 Å². The first-order chi connectivity index (χ1) is 9.58. The third-order valence-corrected chi connectivity index (χ3v) is 2.94. The fourth-order valence-corrected chi connectivity index (χ4v) is 1.90. The van der Waals surface area contributed by atoms with Crippen LogP contribution in [0.2, 0.25) is 0 Å². The minimum atomic E-state index is -0.0426. The summed E-state index contributed by atoms with van der Waals surface area (Å²) in [6, 6.07) is 7.70. The number of hydrogen-bond acceptors (Lipinski definition) is 4. The van der Waals surface area contributed by atoms with Crippen molar-refractivity contribution in [3.63, 3.8) is 0 Å². The van der Waals surface area contributed by atoms with E-state index in [2.05, 4.69) is 29.5 Å². The maximum absolute atomic E-state index is 11.7. The molecule has 0 bridgehead atoms. The van der Waals surface area contributed by atoms with Crippen LogP contribution in [0.3, 0.4) is 0 Å². The van der Waals surface area contributed by atoms with E-state index in [4.69, 9.17) is 5.73 Å². The molecule has 0 aliphatic carbocycles. The summed E-state index contributed by atoms with van der Waals surface area (Å²) in [6.07, 6.45) is 1.61. The number of nitrogens with one attached hydrogen (secondary N) is 2. The van der Waals surface area contributed by atoms with Crippen LogP contribution in [0.4, 0.5) is 11.4 Å².